The van der Waals surface area contributed by atoms with Crippen LogP contribution in [0.3, 0.4) is 0 Å². The second-order valence-electron chi connectivity index (χ2n) is 5.30. The first-order chi connectivity index (χ1) is 8.98. The van der Waals surface area contributed by atoms with Gasteiger partial charge in [0.05, 0.1) is 12.1 Å². The summed E-state index contributed by atoms with van der Waals surface area (Å²) < 4.78 is 5.40. The summed E-state index contributed by atoms with van der Waals surface area (Å²) >= 11 is 0. The molecule has 1 amide bonds. The number of nitrogens with two attached hydrogens (primary N) is 1. The maximum Gasteiger partial charge on any atom is 0.246 e. The summed E-state index contributed by atoms with van der Waals surface area (Å²) in [5, 5.41) is 2.94. The Morgan fingerprint density at radius 2 is 1.95 bits per heavy atom. The Bertz CT molecular complexity index is 398. The smallest absolute Gasteiger partial charge is 0.246 e. The highest BCUT2D eigenvalue weighted by Crippen LogP contribution is 2.14. The molecule has 0 heterocycles. The lowest BCUT2D eigenvalue weighted by molar-refractivity contribution is -0.128. The first-order valence-electron chi connectivity index (χ1n) is 6.60. The predicted molar refractivity (Wildman–Crippen MR) is 83.8 cm³/mol. The number of rotatable bonds is 7. The monoisotopic (exact) mass is 300 g/mol. The molecule has 0 aromatic heterocycles. The highest BCUT2D eigenvalue weighted by molar-refractivity contribution is 5.85. The van der Waals surface area contributed by atoms with E-state index in [9.17, 15) is 4.79 Å². The van der Waals surface area contributed by atoms with Crippen molar-refractivity contribution in [1.29, 1.82) is 0 Å². The van der Waals surface area contributed by atoms with Gasteiger partial charge in [-0.25, -0.2) is 0 Å². The number of ether oxygens (including phenoxy) is 1. The number of carbonyl (C=O) groups excluding carboxylic acids is 1. The number of amides is 1. The van der Waals surface area contributed by atoms with Crippen molar-refractivity contribution in [2.75, 3.05) is 13.2 Å². The van der Waals surface area contributed by atoms with Crippen LogP contribution >= 0.6 is 12.4 Å². The number of carbonyl (C=O) groups is 1. The van der Waals surface area contributed by atoms with Crippen molar-refractivity contribution in [1.82, 2.24) is 5.32 Å². The van der Waals surface area contributed by atoms with Crippen LogP contribution in [0.15, 0.2) is 30.3 Å². The number of halogens is 1. The average Bonchev–Trinajstić information content (AvgIpc) is 2.39. The third-order valence-corrected chi connectivity index (χ3v) is 3.47. The van der Waals surface area contributed by atoms with E-state index in [0.717, 1.165) is 5.56 Å². The molecule has 20 heavy (non-hydrogen) atoms. The second kappa shape index (κ2) is 8.95. The van der Waals surface area contributed by atoms with E-state index in [1.807, 2.05) is 51.1 Å². The van der Waals surface area contributed by atoms with E-state index < -0.39 is 0 Å². The summed E-state index contributed by atoms with van der Waals surface area (Å²) in [6.45, 7) is 6.93. The number of benzene rings is 1. The molecular formula is C15H25ClN2O2. The molecule has 1 unspecified atom stereocenters. The molecule has 0 aliphatic heterocycles. The van der Waals surface area contributed by atoms with Crippen LogP contribution in [0.4, 0.5) is 0 Å². The lowest BCUT2D eigenvalue weighted by Crippen LogP contribution is -2.55. The topological polar surface area (TPSA) is 64.3 Å². The summed E-state index contributed by atoms with van der Waals surface area (Å²) in [4.78, 5) is 11.8. The Morgan fingerprint density at radius 1 is 1.35 bits per heavy atom. The van der Waals surface area contributed by atoms with Gasteiger partial charge >= 0.3 is 0 Å². The van der Waals surface area contributed by atoms with Crippen molar-refractivity contribution in [2.24, 2.45) is 11.7 Å². The highest BCUT2D eigenvalue weighted by atomic mass is 35.5. The fraction of sp³-hybridized carbons (Fsp3) is 0.533. The van der Waals surface area contributed by atoms with Gasteiger partial charge in [0.2, 0.25) is 5.91 Å². The van der Waals surface area contributed by atoms with Crippen LogP contribution < -0.4 is 11.1 Å². The predicted octanol–water partition coefficient (Wildman–Crippen LogP) is 2.11. The van der Waals surface area contributed by atoms with E-state index in [-0.39, 0.29) is 36.4 Å². The number of nitrogens with one attached hydrogen (secondary N) is 1. The van der Waals surface area contributed by atoms with Crippen LogP contribution in [0.25, 0.3) is 0 Å². The molecule has 1 rings (SSSR count). The standard InChI is InChI=1S/C15H24N2O2.ClH/c1-12(2)15(3,11-16)17-14(18)10-19-9-13-7-5-4-6-8-13;/h4-8,12H,9-11,16H2,1-3H3,(H,17,18);1H. The van der Waals surface area contributed by atoms with Crippen molar-refractivity contribution in [3.05, 3.63) is 35.9 Å². The van der Waals surface area contributed by atoms with Gasteiger partial charge in [0, 0.05) is 6.54 Å². The molecule has 0 fully saturated rings. The summed E-state index contributed by atoms with van der Waals surface area (Å²) in [5.41, 5.74) is 6.39. The summed E-state index contributed by atoms with van der Waals surface area (Å²) in [6, 6.07) is 9.78. The molecular weight excluding hydrogens is 276 g/mol. The summed E-state index contributed by atoms with van der Waals surface area (Å²) in [6.07, 6.45) is 0. The number of hydrogen-bond donors (Lipinski definition) is 2. The zero-order valence-electron chi connectivity index (χ0n) is 12.4. The van der Waals surface area contributed by atoms with Gasteiger partial charge in [-0.15, -0.1) is 12.4 Å². The van der Waals surface area contributed by atoms with Crippen LogP contribution in [0.2, 0.25) is 0 Å². The van der Waals surface area contributed by atoms with E-state index >= 15 is 0 Å². The van der Waals surface area contributed by atoms with Crippen LogP contribution in [-0.2, 0) is 16.1 Å². The fourth-order valence-corrected chi connectivity index (χ4v) is 1.62. The average molecular weight is 301 g/mol. The molecule has 0 radical (unpaired) electrons. The fourth-order valence-electron chi connectivity index (χ4n) is 1.62. The maximum absolute atomic E-state index is 11.8. The van der Waals surface area contributed by atoms with E-state index in [0.29, 0.717) is 13.2 Å². The second-order valence-corrected chi connectivity index (χ2v) is 5.30. The lowest BCUT2D eigenvalue weighted by atomic mass is 9.88. The molecule has 0 spiro atoms. The van der Waals surface area contributed by atoms with Gasteiger partial charge in [-0.1, -0.05) is 44.2 Å². The van der Waals surface area contributed by atoms with Gasteiger partial charge < -0.3 is 15.8 Å². The Labute approximate surface area is 127 Å². The van der Waals surface area contributed by atoms with Crippen molar-refractivity contribution < 1.29 is 9.53 Å². The van der Waals surface area contributed by atoms with E-state index in [2.05, 4.69) is 5.32 Å². The molecule has 3 N–H and O–H groups in total. The minimum absolute atomic E-state index is 0. The molecule has 4 nitrogen and oxygen atoms in total. The molecule has 0 aliphatic carbocycles. The van der Waals surface area contributed by atoms with E-state index in [1.165, 1.54) is 0 Å². The Kier molecular flexibility index (Phi) is 8.46. The zero-order chi connectivity index (χ0) is 14.3. The third-order valence-electron chi connectivity index (χ3n) is 3.47. The van der Waals surface area contributed by atoms with Gasteiger partial charge in [-0.05, 0) is 18.4 Å². The lowest BCUT2D eigenvalue weighted by Gasteiger charge is -2.33. The Hall–Kier alpha value is -1.10. The van der Waals surface area contributed by atoms with Gasteiger partial charge in [0.15, 0.2) is 0 Å². The Morgan fingerprint density at radius 3 is 2.45 bits per heavy atom. The first-order valence-corrected chi connectivity index (χ1v) is 6.60. The third kappa shape index (κ3) is 5.90. The largest absolute Gasteiger partial charge is 0.367 e. The van der Waals surface area contributed by atoms with Gasteiger partial charge in [0.25, 0.3) is 0 Å². The minimum atomic E-state index is -0.382. The van der Waals surface area contributed by atoms with Crippen molar-refractivity contribution in [3.8, 4) is 0 Å². The quantitative estimate of drug-likeness (QED) is 0.810. The van der Waals surface area contributed by atoms with Gasteiger partial charge in [-0.3, -0.25) is 4.79 Å². The molecule has 1 aromatic rings. The molecule has 5 heteroatoms. The summed E-state index contributed by atoms with van der Waals surface area (Å²) in [5.74, 6) is 0.146. The zero-order valence-corrected chi connectivity index (χ0v) is 13.2. The van der Waals surface area contributed by atoms with Crippen LogP contribution in [0, 0.1) is 5.92 Å². The normalized spacial score (nSPS) is 13.4. The van der Waals surface area contributed by atoms with Crippen LogP contribution in [0.1, 0.15) is 26.3 Å². The van der Waals surface area contributed by atoms with Crippen LogP contribution in [0.5, 0.6) is 0 Å². The molecule has 0 aliphatic rings. The van der Waals surface area contributed by atoms with Crippen molar-refractivity contribution >= 4 is 18.3 Å². The highest BCUT2D eigenvalue weighted by Gasteiger charge is 2.28. The molecule has 0 saturated carbocycles. The van der Waals surface area contributed by atoms with Crippen LogP contribution in [-0.4, -0.2) is 24.6 Å². The summed E-state index contributed by atoms with van der Waals surface area (Å²) in [7, 11) is 0. The molecule has 1 aromatic carbocycles. The first kappa shape index (κ1) is 18.9. The van der Waals surface area contributed by atoms with E-state index in [4.69, 9.17) is 10.5 Å². The van der Waals surface area contributed by atoms with Crippen molar-refractivity contribution in [3.63, 3.8) is 0 Å². The number of hydrogen-bond acceptors (Lipinski definition) is 3. The minimum Gasteiger partial charge on any atom is -0.367 e. The van der Waals surface area contributed by atoms with E-state index in [1.54, 1.807) is 0 Å². The molecule has 114 valence electrons. The Balaban J connectivity index is 0.00000361. The molecule has 0 bridgehead atoms. The molecule has 1 atom stereocenters. The van der Waals surface area contributed by atoms with Gasteiger partial charge in [0.1, 0.15) is 6.61 Å². The van der Waals surface area contributed by atoms with Gasteiger partial charge in [-0.2, -0.15) is 0 Å². The SMILES string of the molecule is CC(C)C(C)(CN)NC(=O)COCc1ccccc1.Cl. The molecule has 0 saturated heterocycles. The van der Waals surface area contributed by atoms with Crippen molar-refractivity contribution in [2.45, 2.75) is 32.9 Å². The maximum atomic E-state index is 11.8.